The molecular weight excluding hydrogens is 268 g/mol. The van der Waals surface area contributed by atoms with Gasteiger partial charge in [-0.05, 0) is 35.7 Å². The van der Waals surface area contributed by atoms with Crippen LogP contribution in [0.15, 0.2) is 48.5 Å². The van der Waals surface area contributed by atoms with Gasteiger partial charge in [0.15, 0.2) is 0 Å². The largest absolute Gasteiger partial charge is 0.387 e. The van der Waals surface area contributed by atoms with Gasteiger partial charge in [0.2, 0.25) is 0 Å². The Labute approximate surface area is 123 Å². The molecule has 21 heavy (non-hydrogen) atoms. The Hall–Kier alpha value is -2.40. The first kappa shape index (κ1) is 15.0. The summed E-state index contributed by atoms with van der Waals surface area (Å²) in [6.45, 7) is 2.43. The van der Waals surface area contributed by atoms with Crippen LogP contribution < -0.4 is 5.32 Å². The number of nitro benzene ring substituents is 1. The minimum atomic E-state index is -0.712. The fourth-order valence-electron chi connectivity index (χ4n) is 2.14. The number of rotatable bonds is 6. The Bertz CT molecular complexity index is 611. The first-order chi connectivity index (χ1) is 10.1. The molecule has 0 fully saturated rings. The molecule has 2 aromatic rings. The van der Waals surface area contributed by atoms with Crippen LogP contribution in [0.1, 0.15) is 24.2 Å². The van der Waals surface area contributed by atoms with E-state index in [1.54, 1.807) is 12.1 Å². The maximum Gasteiger partial charge on any atom is 0.269 e. The van der Waals surface area contributed by atoms with E-state index in [1.165, 1.54) is 17.7 Å². The Kier molecular flexibility index (Phi) is 4.90. The molecule has 5 heteroatoms. The second-order valence-corrected chi connectivity index (χ2v) is 4.76. The van der Waals surface area contributed by atoms with Crippen LogP contribution in [0, 0.1) is 10.1 Å². The van der Waals surface area contributed by atoms with Gasteiger partial charge in [-0.15, -0.1) is 0 Å². The van der Waals surface area contributed by atoms with Crippen molar-refractivity contribution in [2.24, 2.45) is 0 Å². The summed E-state index contributed by atoms with van der Waals surface area (Å²) in [5.74, 6) is 0. The number of hydrogen-bond acceptors (Lipinski definition) is 4. The summed E-state index contributed by atoms with van der Waals surface area (Å²) in [4.78, 5) is 10.1. The van der Waals surface area contributed by atoms with Crippen LogP contribution in [0.3, 0.4) is 0 Å². The minimum absolute atomic E-state index is 0.0234. The first-order valence-electron chi connectivity index (χ1n) is 6.86. The summed E-state index contributed by atoms with van der Waals surface area (Å²) in [6, 6.07) is 13.9. The lowest BCUT2D eigenvalue weighted by Gasteiger charge is -2.15. The fraction of sp³-hybridized carbons (Fsp3) is 0.250. The number of aryl methyl sites for hydroxylation is 1. The molecule has 0 bridgehead atoms. The highest BCUT2D eigenvalue weighted by molar-refractivity contribution is 5.51. The Balaban J connectivity index is 2.01. The summed E-state index contributed by atoms with van der Waals surface area (Å²) in [7, 11) is 0. The van der Waals surface area contributed by atoms with Gasteiger partial charge in [0, 0.05) is 24.4 Å². The molecule has 0 heterocycles. The van der Waals surface area contributed by atoms with E-state index in [1.807, 2.05) is 24.3 Å². The lowest BCUT2D eigenvalue weighted by Crippen LogP contribution is -2.13. The van der Waals surface area contributed by atoms with E-state index in [0.717, 1.165) is 12.1 Å². The number of benzene rings is 2. The van der Waals surface area contributed by atoms with E-state index in [2.05, 4.69) is 12.2 Å². The molecule has 0 aliphatic heterocycles. The molecule has 1 unspecified atom stereocenters. The van der Waals surface area contributed by atoms with Gasteiger partial charge in [0.05, 0.1) is 11.0 Å². The van der Waals surface area contributed by atoms with E-state index in [0.29, 0.717) is 12.1 Å². The van der Waals surface area contributed by atoms with E-state index in [-0.39, 0.29) is 5.69 Å². The zero-order chi connectivity index (χ0) is 15.2. The third-order valence-corrected chi connectivity index (χ3v) is 3.37. The summed E-state index contributed by atoms with van der Waals surface area (Å²) in [5, 5.41) is 24.0. The van der Waals surface area contributed by atoms with Crippen LogP contribution in [0.25, 0.3) is 0 Å². The van der Waals surface area contributed by atoms with Crippen LogP contribution in [0.4, 0.5) is 11.4 Å². The van der Waals surface area contributed by atoms with Gasteiger partial charge in [0.1, 0.15) is 0 Å². The van der Waals surface area contributed by atoms with Crippen LogP contribution in [0.2, 0.25) is 0 Å². The van der Waals surface area contributed by atoms with Crippen LogP contribution in [-0.2, 0) is 6.42 Å². The molecule has 2 N–H and O–H groups in total. The zero-order valence-corrected chi connectivity index (χ0v) is 11.8. The molecule has 2 aromatic carbocycles. The predicted octanol–water partition coefficient (Wildman–Crippen LogP) is 3.30. The topological polar surface area (TPSA) is 75.4 Å². The SMILES string of the molecule is CCc1ccccc1NCC(O)c1ccc([N+](=O)[O-])cc1. The summed E-state index contributed by atoms with van der Waals surface area (Å²) >= 11 is 0. The molecule has 0 aromatic heterocycles. The quantitative estimate of drug-likeness (QED) is 0.631. The lowest BCUT2D eigenvalue weighted by atomic mass is 10.1. The van der Waals surface area contributed by atoms with Gasteiger partial charge < -0.3 is 10.4 Å². The number of hydrogen-bond donors (Lipinski definition) is 2. The molecule has 1 atom stereocenters. The average Bonchev–Trinajstić information content (AvgIpc) is 2.52. The van der Waals surface area contributed by atoms with Crippen molar-refractivity contribution in [2.45, 2.75) is 19.4 Å². The number of nitrogens with one attached hydrogen (secondary N) is 1. The molecule has 0 aliphatic carbocycles. The van der Waals surface area contributed by atoms with Crippen molar-refractivity contribution >= 4 is 11.4 Å². The second kappa shape index (κ2) is 6.85. The van der Waals surface area contributed by atoms with E-state index in [4.69, 9.17) is 0 Å². The summed E-state index contributed by atoms with van der Waals surface area (Å²) in [6.07, 6.45) is 0.201. The van der Waals surface area contributed by atoms with Crippen LogP contribution in [-0.4, -0.2) is 16.6 Å². The Morgan fingerprint density at radius 3 is 2.48 bits per heavy atom. The molecule has 5 nitrogen and oxygen atoms in total. The highest BCUT2D eigenvalue weighted by atomic mass is 16.6. The summed E-state index contributed by atoms with van der Waals surface area (Å²) < 4.78 is 0. The maximum absolute atomic E-state index is 10.6. The van der Waals surface area contributed by atoms with E-state index in [9.17, 15) is 15.2 Å². The van der Waals surface area contributed by atoms with E-state index >= 15 is 0 Å². The Morgan fingerprint density at radius 1 is 1.19 bits per heavy atom. The maximum atomic E-state index is 10.6. The first-order valence-corrected chi connectivity index (χ1v) is 6.86. The van der Waals surface area contributed by atoms with Crippen molar-refractivity contribution in [3.8, 4) is 0 Å². The van der Waals surface area contributed by atoms with Gasteiger partial charge >= 0.3 is 0 Å². The van der Waals surface area contributed by atoms with Gasteiger partial charge in [-0.25, -0.2) is 0 Å². The van der Waals surface area contributed by atoms with Gasteiger partial charge in [-0.1, -0.05) is 25.1 Å². The third kappa shape index (κ3) is 3.79. The van der Waals surface area contributed by atoms with Gasteiger partial charge in [-0.3, -0.25) is 10.1 Å². The molecule has 0 spiro atoms. The van der Waals surface area contributed by atoms with E-state index < -0.39 is 11.0 Å². The minimum Gasteiger partial charge on any atom is -0.387 e. The third-order valence-electron chi connectivity index (χ3n) is 3.37. The summed E-state index contributed by atoms with van der Waals surface area (Å²) in [5.41, 5.74) is 2.87. The number of anilines is 1. The van der Waals surface area contributed by atoms with Crippen molar-refractivity contribution in [3.63, 3.8) is 0 Å². The molecule has 0 amide bonds. The number of non-ortho nitro benzene ring substituents is 1. The van der Waals surface area contributed by atoms with Crippen molar-refractivity contribution < 1.29 is 10.0 Å². The highest BCUT2D eigenvalue weighted by Gasteiger charge is 2.11. The molecule has 0 saturated carbocycles. The van der Waals surface area contributed by atoms with Crippen molar-refractivity contribution in [1.82, 2.24) is 0 Å². The highest BCUT2D eigenvalue weighted by Crippen LogP contribution is 2.20. The molecule has 0 saturated heterocycles. The zero-order valence-electron chi connectivity index (χ0n) is 11.8. The van der Waals surface area contributed by atoms with Gasteiger partial charge in [-0.2, -0.15) is 0 Å². The molecule has 0 radical (unpaired) electrons. The number of nitro groups is 1. The smallest absolute Gasteiger partial charge is 0.269 e. The number of nitrogens with zero attached hydrogens (tertiary/aromatic N) is 1. The number of aliphatic hydroxyl groups is 1. The second-order valence-electron chi connectivity index (χ2n) is 4.76. The standard InChI is InChI=1S/C16H18N2O3/c1-2-12-5-3-4-6-15(12)17-11-16(19)13-7-9-14(10-8-13)18(20)21/h3-10,16-17,19H,2,11H2,1H3. The fourth-order valence-corrected chi connectivity index (χ4v) is 2.14. The number of para-hydroxylation sites is 1. The molecule has 0 aliphatic rings. The number of aliphatic hydroxyl groups excluding tert-OH is 1. The van der Waals surface area contributed by atoms with Crippen LogP contribution >= 0.6 is 0 Å². The normalized spacial score (nSPS) is 11.9. The molecule has 2 rings (SSSR count). The Morgan fingerprint density at radius 2 is 1.86 bits per heavy atom. The van der Waals surface area contributed by atoms with Crippen molar-refractivity contribution in [3.05, 3.63) is 69.8 Å². The molecule has 110 valence electrons. The van der Waals surface area contributed by atoms with Gasteiger partial charge in [0.25, 0.3) is 5.69 Å². The predicted molar refractivity (Wildman–Crippen MR) is 82.4 cm³/mol. The lowest BCUT2D eigenvalue weighted by molar-refractivity contribution is -0.384. The van der Waals surface area contributed by atoms with Crippen molar-refractivity contribution in [1.29, 1.82) is 0 Å². The monoisotopic (exact) mass is 286 g/mol. The van der Waals surface area contributed by atoms with Crippen molar-refractivity contribution in [2.75, 3.05) is 11.9 Å². The van der Waals surface area contributed by atoms with Crippen LogP contribution in [0.5, 0.6) is 0 Å². The average molecular weight is 286 g/mol. The molecular formula is C16H18N2O3.